The Balaban J connectivity index is 2.86. The summed E-state index contributed by atoms with van der Waals surface area (Å²) in [7, 11) is 0. The topological polar surface area (TPSA) is 47.3 Å². The van der Waals surface area contributed by atoms with E-state index in [9.17, 15) is 0 Å². The minimum atomic E-state index is 0.135. The largest absolute Gasteiger partial charge is 0.506 e. The zero-order valence-electron chi connectivity index (χ0n) is 5.41. The van der Waals surface area contributed by atoms with Crippen LogP contribution in [0.5, 0.6) is 0 Å². The van der Waals surface area contributed by atoms with Gasteiger partial charge < -0.3 is 10.0 Å². The van der Waals surface area contributed by atoms with Gasteiger partial charge in [-0.1, -0.05) is 6.58 Å². The summed E-state index contributed by atoms with van der Waals surface area (Å²) in [5.74, 6) is 0.135. The summed E-state index contributed by atoms with van der Waals surface area (Å²) in [5.41, 5.74) is 0.674. The molecule has 0 amide bonds. The summed E-state index contributed by atoms with van der Waals surface area (Å²) in [5, 5.41) is 15.8. The molecular weight excluding hydrogens is 128 g/mol. The summed E-state index contributed by atoms with van der Waals surface area (Å²) in [6, 6.07) is 0. The molecule has 0 bridgehead atoms. The second kappa shape index (κ2) is 2.39. The quantitative estimate of drug-likeness (QED) is 0.422. The standard InChI is InChI=1S/C7H8N2O/c1-6-2-3-7(10)4-9(6)5-8/h2-5,8,10H,1H2. The van der Waals surface area contributed by atoms with Crippen molar-refractivity contribution in [2.75, 3.05) is 0 Å². The van der Waals surface area contributed by atoms with Crippen LogP contribution in [0.1, 0.15) is 0 Å². The van der Waals surface area contributed by atoms with E-state index in [2.05, 4.69) is 6.58 Å². The molecule has 0 aromatic rings. The molecule has 3 heteroatoms. The van der Waals surface area contributed by atoms with E-state index in [-0.39, 0.29) is 5.76 Å². The van der Waals surface area contributed by atoms with Gasteiger partial charge in [-0.3, -0.25) is 5.41 Å². The van der Waals surface area contributed by atoms with Gasteiger partial charge in [0.2, 0.25) is 0 Å². The Morgan fingerprint density at radius 1 is 1.60 bits per heavy atom. The van der Waals surface area contributed by atoms with Gasteiger partial charge >= 0.3 is 0 Å². The highest BCUT2D eigenvalue weighted by molar-refractivity contribution is 5.59. The van der Waals surface area contributed by atoms with Crippen molar-refractivity contribution >= 4 is 6.34 Å². The molecule has 1 heterocycles. The van der Waals surface area contributed by atoms with Crippen LogP contribution >= 0.6 is 0 Å². The molecule has 0 saturated heterocycles. The van der Waals surface area contributed by atoms with Crippen LogP contribution in [0.15, 0.2) is 36.4 Å². The van der Waals surface area contributed by atoms with Gasteiger partial charge in [-0.15, -0.1) is 0 Å². The average Bonchev–Trinajstić information content (AvgIpc) is 1.94. The first-order valence-corrected chi connectivity index (χ1v) is 2.81. The zero-order chi connectivity index (χ0) is 7.56. The highest BCUT2D eigenvalue weighted by atomic mass is 16.3. The minimum Gasteiger partial charge on any atom is -0.506 e. The number of hydrogen-bond acceptors (Lipinski definition) is 2. The van der Waals surface area contributed by atoms with Gasteiger partial charge in [-0.2, -0.15) is 0 Å². The molecule has 10 heavy (non-hydrogen) atoms. The van der Waals surface area contributed by atoms with Gasteiger partial charge in [0.1, 0.15) is 5.76 Å². The van der Waals surface area contributed by atoms with Crippen LogP contribution in [-0.2, 0) is 0 Å². The van der Waals surface area contributed by atoms with Crippen LogP contribution in [0.2, 0.25) is 0 Å². The Morgan fingerprint density at radius 2 is 2.30 bits per heavy atom. The molecule has 1 rings (SSSR count). The predicted octanol–water partition coefficient (Wildman–Crippen LogP) is 1.38. The number of aliphatic hydroxyl groups excluding tert-OH is 1. The van der Waals surface area contributed by atoms with Crippen molar-refractivity contribution in [3.63, 3.8) is 0 Å². The fourth-order valence-electron chi connectivity index (χ4n) is 0.656. The first-order valence-electron chi connectivity index (χ1n) is 2.81. The maximum atomic E-state index is 8.92. The Kier molecular flexibility index (Phi) is 1.58. The molecule has 0 radical (unpaired) electrons. The first-order chi connectivity index (χ1) is 4.74. The molecule has 0 aliphatic carbocycles. The molecule has 1 aliphatic heterocycles. The molecule has 2 N–H and O–H groups in total. The van der Waals surface area contributed by atoms with E-state index < -0.39 is 0 Å². The third-order valence-electron chi connectivity index (χ3n) is 1.19. The number of rotatable bonds is 1. The summed E-state index contributed by atoms with van der Waals surface area (Å²) in [6.07, 6.45) is 5.68. The normalized spacial score (nSPS) is 17.0. The lowest BCUT2D eigenvalue weighted by Crippen LogP contribution is -2.14. The van der Waals surface area contributed by atoms with Crippen molar-refractivity contribution in [1.29, 1.82) is 5.41 Å². The molecule has 0 spiro atoms. The van der Waals surface area contributed by atoms with Crippen molar-refractivity contribution in [2.24, 2.45) is 0 Å². The second-order valence-corrected chi connectivity index (χ2v) is 1.92. The van der Waals surface area contributed by atoms with Gasteiger partial charge in [0.25, 0.3) is 0 Å². The van der Waals surface area contributed by atoms with Crippen LogP contribution in [0.25, 0.3) is 0 Å². The number of hydrogen-bond donors (Lipinski definition) is 2. The molecule has 0 saturated carbocycles. The maximum absolute atomic E-state index is 8.92. The Labute approximate surface area is 59.1 Å². The smallest absolute Gasteiger partial charge is 0.132 e. The minimum absolute atomic E-state index is 0.135. The lowest BCUT2D eigenvalue weighted by Gasteiger charge is -2.16. The van der Waals surface area contributed by atoms with Crippen LogP contribution in [-0.4, -0.2) is 16.3 Å². The van der Waals surface area contributed by atoms with Crippen LogP contribution < -0.4 is 0 Å². The molecule has 3 nitrogen and oxygen atoms in total. The van der Waals surface area contributed by atoms with Gasteiger partial charge in [0.15, 0.2) is 0 Å². The summed E-state index contributed by atoms with van der Waals surface area (Å²) in [6.45, 7) is 3.63. The fraction of sp³-hybridized carbons (Fsp3) is 0. The van der Waals surface area contributed by atoms with Gasteiger partial charge in [-0.05, 0) is 12.2 Å². The highest BCUT2D eigenvalue weighted by Crippen LogP contribution is 2.10. The number of nitrogens with zero attached hydrogens (tertiary/aromatic N) is 1. The van der Waals surface area contributed by atoms with E-state index in [1.165, 1.54) is 17.2 Å². The fourth-order valence-corrected chi connectivity index (χ4v) is 0.656. The van der Waals surface area contributed by atoms with Crippen molar-refractivity contribution < 1.29 is 5.11 Å². The number of aliphatic hydroxyl groups is 1. The van der Waals surface area contributed by atoms with E-state index in [1.807, 2.05) is 0 Å². The van der Waals surface area contributed by atoms with Crippen molar-refractivity contribution in [3.05, 3.63) is 36.4 Å². The van der Waals surface area contributed by atoms with Gasteiger partial charge in [0.05, 0.1) is 12.5 Å². The molecule has 1 aliphatic rings. The lowest BCUT2D eigenvalue weighted by molar-refractivity contribution is 0.416. The van der Waals surface area contributed by atoms with E-state index in [4.69, 9.17) is 10.5 Å². The first kappa shape index (κ1) is 6.61. The van der Waals surface area contributed by atoms with E-state index in [0.717, 1.165) is 6.34 Å². The number of nitrogens with one attached hydrogen (secondary N) is 1. The Morgan fingerprint density at radius 3 is 2.80 bits per heavy atom. The number of allylic oxidation sites excluding steroid dienone is 2. The molecular formula is C7H8N2O. The monoisotopic (exact) mass is 136 g/mol. The average molecular weight is 136 g/mol. The SMILES string of the molecule is C=C1C=CC(O)=CN1C=N. The predicted molar refractivity (Wildman–Crippen MR) is 39.6 cm³/mol. The summed E-state index contributed by atoms with van der Waals surface area (Å²) >= 11 is 0. The van der Waals surface area contributed by atoms with Crippen molar-refractivity contribution in [3.8, 4) is 0 Å². The molecule has 0 aromatic heterocycles. The Hall–Kier alpha value is -1.51. The van der Waals surface area contributed by atoms with Crippen molar-refractivity contribution in [2.45, 2.75) is 0 Å². The van der Waals surface area contributed by atoms with Crippen LogP contribution in [0.3, 0.4) is 0 Å². The molecule has 0 aromatic carbocycles. The van der Waals surface area contributed by atoms with E-state index >= 15 is 0 Å². The third kappa shape index (κ3) is 1.07. The molecule has 0 atom stereocenters. The lowest BCUT2D eigenvalue weighted by atomic mass is 10.3. The summed E-state index contributed by atoms with van der Waals surface area (Å²) in [4.78, 5) is 1.43. The van der Waals surface area contributed by atoms with Crippen LogP contribution in [0.4, 0.5) is 0 Å². The Bertz CT molecular complexity index is 228. The highest BCUT2D eigenvalue weighted by Gasteiger charge is 2.03. The molecule has 52 valence electrons. The third-order valence-corrected chi connectivity index (χ3v) is 1.19. The van der Waals surface area contributed by atoms with Gasteiger partial charge in [0, 0.05) is 5.70 Å². The van der Waals surface area contributed by atoms with Gasteiger partial charge in [-0.25, -0.2) is 0 Å². The molecule has 0 unspecified atom stereocenters. The molecule has 0 fully saturated rings. The van der Waals surface area contributed by atoms with E-state index in [1.54, 1.807) is 6.08 Å². The zero-order valence-corrected chi connectivity index (χ0v) is 5.41. The summed E-state index contributed by atoms with van der Waals surface area (Å²) < 4.78 is 0. The van der Waals surface area contributed by atoms with E-state index in [0.29, 0.717) is 5.70 Å². The van der Waals surface area contributed by atoms with Crippen LogP contribution in [0, 0.1) is 5.41 Å². The second-order valence-electron chi connectivity index (χ2n) is 1.92. The van der Waals surface area contributed by atoms with Crippen molar-refractivity contribution in [1.82, 2.24) is 4.90 Å². The maximum Gasteiger partial charge on any atom is 0.132 e.